The van der Waals surface area contributed by atoms with Gasteiger partial charge in [-0.1, -0.05) is 20.8 Å². The number of pyridine rings is 1. The Morgan fingerprint density at radius 3 is 2.64 bits per heavy atom. The lowest BCUT2D eigenvalue weighted by atomic mass is 10.2. The minimum atomic E-state index is -0.196. The van der Waals surface area contributed by atoms with Gasteiger partial charge in [-0.15, -0.1) is 0 Å². The zero-order valence-corrected chi connectivity index (χ0v) is 9.39. The number of nitrogens with one attached hydrogen (secondary N) is 1. The van der Waals surface area contributed by atoms with Gasteiger partial charge in [-0.25, -0.2) is 4.39 Å². The average molecular weight is 198 g/mol. The van der Waals surface area contributed by atoms with Crippen LogP contribution in [0.15, 0.2) is 12.3 Å². The Morgan fingerprint density at radius 1 is 1.43 bits per heavy atom. The highest BCUT2D eigenvalue weighted by atomic mass is 19.1. The van der Waals surface area contributed by atoms with Crippen LogP contribution >= 0.6 is 0 Å². The Balaban J connectivity index is 0.000000791. The molecule has 0 aromatic carbocycles. The molecule has 0 radical (unpaired) electrons. The lowest BCUT2D eigenvalue weighted by molar-refractivity contribution is 0.572. The molecule has 0 saturated carbocycles. The number of halogens is 1. The van der Waals surface area contributed by atoms with Gasteiger partial charge in [0, 0.05) is 12.7 Å². The van der Waals surface area contributed by atoms with Crippen molar-refractivity contribution in [2.24, 2.45) is 0 Å². The van der Waals surface area contributed by atoms with Gasteiger partial charge in [-0.05, 0) is 25.1 Å². The molecule has 0 saturated heterocycles. The molecule has 14 heavy (non-hydrogen) atoms. The molecule has 80 valence electrons. The van der Waals surface area contributed by atoms with Crippen molar-refractivity contribution in [2.45, 2.75) is 34.2 Å². The topological polar surface area (TPSA) is 24.9 Å². The highest BCUT2D eigenvalue weighted by molar-refractivity contribution is 5.17. The first-order chi connectivity index (χ1) is 6.75. The fourth-order valence-electron chi connectivity index (χ4n) is 0.963. The van der Waals surface area contributed by atoms with Gasteiger partial charge in [-0.2, -0.15) is 0 Å². The van der Waals surface area contributed by atoms with Gasteiger partial charge in [0.05, 0.1) is 5.69 Å². The molecule has 0 aliphatic rings. The molecule has 0 fully saturated rings. The van der Waals surface area contributed by atoms with Crippen LogP contribution in [0.4, 0.5) is 4.39 Å². The molecule has 0 aliphatic heterocycles. The zero-order chi connectivity index (χ0) is 11.0. The van der Waals surface area contributed by atoms with Gasteiger partial charge in [0.25, 0.3) is 0 Å². The summed E-state index contributed by atoms with van der Waals surface area (Å²) in [7, 11) is 0. The summed E-state index contributed by atoms with van der Waals surface area (Å²) in [6.07, 6.45) is 1.63. The smallest absolute Gasteiger partial charge is 0.148 e. The van der Waals surface area contributed by atoms with E-state index in [1.54, 1.807) is 19.2 Å². The third-order valence-corrected chi connectivity index (χ3v) is 1.70. The van der Waals surface area contributed by atoms with Crippen molar-refractivity contribution in [1.29, 1.82) is 0 Å². The quantitative estimate of drug-likeness (QED) is 0.807. The molecule has 0 aliphatic carbocycles. The van der Waals surface area contributed by atoms with Crippen LogP contribution in [-0.2, 0) is 6.54 Å². The maximum atomic E-state index is 13.2. The predicted octanol–water partition coefficient (Wildman–Crippen LogP) is 2.66. The molecule has 0 bridgehead atoms. The van der Waals surface area contributed by atoms with Crippen molar-refractivity contribution in [1.82, 2.24) is 10.3 Å². The van der Waals surface area contributed by atoms with Crippen LogP contribution in [0.25, 0.3) is 0 Å². The molecule has 3 heteroatoms. The third kappa shape index (κ3) is 3.83. The third-order valence-electron chi connectivity index (χ3n) is 1.70. The molecule has 0 unspecified atom stereocenters. The van der Waals surface area contributed by atoms with E-state index in [-0.39, 0.29) is 5.82 Å². The van der Waals surface area contributed by atoms with E-state index in [0.29, 0.717) is 17.8 Å². The number of aryl methyl sites for hydroxylation is 1. The van der Waals surface area contributed by atoms with Gasteiger partial charge >= 0.3 is 0 Å². The Kier molecular flexibility index (Phi) is 6.93. The number of hydrogen-bond donors (Lipinski definition) is 1. The van der Waals surface area contributed by atoms with Gasteiger partial charge < -0.3 is 5.32 Å². The van der Waals surface area contributed by atoms with E-state index < -0.39 is 0 Å². The largest absolute Gasteiger partial charge is 0.311 e. The van der Waals surface area contributed by atoms with E-state index >= 15 is 0 Å². The van der Waals surface area contributed by atoms with Crippen LogP contribution in [-0.4, -0.2) is 11.5 Å². The summed E-state index contributed by atoms with van der Waals surface area (Å²) in [5, 5.41) is 3.03. The molecule has 1 rings (SSSR count). The molecule has 0 amide bonds. The number of nitrogens with zero attached hydrogens (tertiary/aromatic N) is 1. The highest BCUT2D eigenvalue weighted by Gasteiger charge is 2.04. The second-order valence-corrected chi connectivity index (χ2v) is 2.67. The van der Waals surface area contributed by atoms with E-state index in [1.165, 1.54) is 0 Å². The van der Waals surface area contributed by atoms with Gasteiger partial charge in [0.2, 0.25) is 0 Å². The first-order valence-corrected chi connectivity index (χ1v) is 5.06. The lowest BCUT2D eigenvalue weighted by Gasteiger charge is -2.03. The molecule has 2 nitrogen and oxygen atoms in total. The zero-order valence-electron chi connectivity index (χ0n) is 9.39. The Bertz CT molecular complexity index is 261. The van der Waals surface area contributed by atoms with Crippen molar-refractivity contribution in [3.8, 4) is 0 Å². The van der Waals surface area contributed by atoms with Crippen LogP contribution in [0.1, 0.15) is 32.0 Å². The fraction of sp³-hybridized carbons (Fsp3) is 0.545. The summed E-state index contributed by atoms with van der Waals surface area (Å²) in [5.41, 5.74) is 1.15. The molecule has 1 aromatic rings. The summed E-state index contributed by atoms with van der Waals surface area (Å²) >= 11 is 0. The van der Waals surface area contributed by atoms with Crippen molar-refractivity contribution in [3.63, 3.8) is 0 Å². The van der Waals surface area contributed by atoms with Crippen molar-refractivity contribution < 1.29 is 4.39 Å². The van der Waals surface area contributed by atoms with Crippen LogP contribution in [0.2, 0.25) is 0 Å². The monoisotopic (exact) mass is 198 g/mol. The Labute approximate surface area is 85.6 Å². The predicted molar refractivity (Wildman–Crippen MR) is 57.7 cm³/mol. The van der Waals surface area contributed by atoms with Crippen LogP contribution in [0, 0.1) is 12.7 Å². The minimum absolute atomic E-state index is 0.196. The molecule has 1 aromatic heterocycles. The van der Waals surface area contributed by atoms with E-state index in [2.05, 4.69) is 10.3 Å². The number of rotatable bonds is 3. The first kappa shape index (κ1) is 13.0. The number of aromatic nitrogens is 1. The fourth-order valence-corrected chi connectivity index (χ4v) is 0.963. The second kappa shape index (κ2) is 7.44. The van der Waals surface area contributed by atoms with Crippen molar-refractivity contribution in [2.75, 3.05) is 6.54 Å². The van der Waals surface area contributed by atoms with E-state index in [0.717, 1.165) is 6.54 Å². The summed E-state index contributed by atoms with van der Waals surface area (Å²) < 4.78 is 13.2. The van der Waals surface area contributed by atoms with Crippen LogP contribution in [0.5, 0.6) is 0 Å². The van der Waals surface area contributed by atoms with Gasteiger partial charge in [0.1, 0.15) is 5.82 Å². The molecular weight excluding hydrogens is 179 g/mol. The molecule has 0 atom stereocenters. The molecule has 0 spiro atoms. The van der Waals surface area contributed by atoms with Gasteiger partial charge in [0.15, 0.2) is 0 Å². The SMILES string of the molecule is CC.CCNCc1nccc(C)c1F. The minimum Gasteiger partial charge on any atom is -0.311 e. The van der Waals surface area contributed by atoms with Crippen LogP contribution < -0.4 is 5.32 Å². The Morgan fingerprint density at radius 2 is 2.07 bits per heavy atom. The van der Waals surface area contributed by atoms with Crippen molar-refractivity contribution >= 4 is 0 Å². The van der Waals surface area contributed by atoms with Gasteiger partial charge in [-0.3, -0.25) is 4.98 Å². The highest BCUT2D eigenvalue weighted by Crippen LogP contribution is 2.07. The Hall–Kier alpha value is -0.960. The maximum absolute atomic E-state index is 13.2. The van der Waals surface area contributed by atoms with E-state index in [1.807, 2.05) is 20.8 Å². The molecule has 1 N–H and O–H groups in total. The summed E-state index contributed by atoms with van der Waals surface area (Å²) in [5.74, 6) is -0.196. The first-order valence-electron chi connectivity index (χ1n) is 5.06. The second-order valence-electron chi connectivity index (χ2n) is 2.67. The van der Waals surface area contributed by atoms with E-state index in [4.69, 9.17) is 0 Å². The maximum Gasteiger partial charge on any atom is 0.148 e. The molecular formula is C11H19FN2. The molecule has 1 heterocycles. The van der Waals surface area contributed by atoms with Crippen molar-refractivity contribution in [3.05, 3.63) is 29.3 Å². The lowest BCUT2D eigenvalue weighted by Crippen LogP contribution is -2.14. The van der Waals surface area contributed by atoms with Crippen LogP contribution in [0.3, 0.4) is 0 Å². The summed E-state index contributed by atoms with van der Waals surface area (Å²) in [6.45, 7) is 9.05. The number of hydrogen-bond acceptors (Lipinski definition) is 2. The standard InChI is InChI=1S/C9H13FN2.C2H6/c1-3-11-6-8-9(10)7(2)4-5-12-8;1-2/h4-5,11H,3,6H2,1-2H3;1-2H3. The normalized spacial score (nSPS) is 9.21. The summed E-state index contributed by atoms with van der Waals surface area (Å²) in [6, 6.07) is 1.67. The average Bonchev–Trinajstić information content (AvgIpc) is 2.23. The van der Waals surface area contributed by atoms with E-state index in [9.17, 15) is 4.39 Å². The summed E-state index contributed by atoms with van der Waals surface area (Å²) in [4.78, 5) is 3.94.